The van der Waals surface area contributed by atoms with Gasteiger partial charge in [0.1, 0.15) is 11.9 Å². The van der Waals surface area contributed by atoms with Crippen molar-refractivity contribution < 1.29 is 20.1 Å². The van der Waals surface area contributed by atoms with Gasteiger partial charge in [-0.25, -0.2) is 4.79 Å². The lowest BCUT2D eigenvalue weighted by Crippen LogP contribution is -2.31. The largest absolute Gasteiger partial charge is 0.508 e. The number of fused-ring (bicyclic) bond motifs is 4. The van der Waals surface area contributed by atoms with Crippen LogP contribution in [-0.4, -0.2) is 52.4 Å². The van der Waals surface area contributed by atoms with Crippen molar-refractivity contribution >= 4 is 5.97 Å². The van der Waals surface area contributed by atoms with Crippen LogP contribution >= 0.6 is 0 Å². The minimum Gasteiger partial charge on any atom is -0.508 e. The van der Waals surface area contributed by atoms with Crippen LogP contribution in [0.2, 0.25) is 0 Å². The number of carbonyl (C=O) groups is 1. The lowest BCUT2D eigenvalue weighted by Gasteiger charge is -2.36. The van der Waals surface area contributed by atoms with Gasteiger partial charge in [0.05, 0.1) is 0 Å². The molecule has 4 atom stereocenters. The zero-order chi connectivity index (χ0) is 17.1. The normalized spacial score (nSPS) is 27.9. The van der Waals surface area contributed by atoms with Crippen LogP contribution < -0.4 is 0 Å². The van der Waals surface area contributed by atoms with Crippen LogP contribution in [0, 0.1) is 11.8 Å². The van der Waals surface area contributed by atoms with Gasteiger partial charge < -0.3 is 20.2 Å². The second-order valence-corrected chi connectivity index (χ2v) is 6.88. The fraction of sp³-hybridized carbons (Fsp3) is 0.611. The average molecular weight is 321 g/mol. The summed E-state index contributed by atoms with van der Waals surface area (Å²) in [4.78, 5) is 11.9. The van der Waals surface area contributed by atoms with E-state index in [0.717, 1.165) is 11.8 Å². The monoisotopic (exact) mass is 321 g/mol. The number of likely N-dealkylation sites (tertiary alicyclic amines) is 1. The molecule has 5 heteroatoms. The maximum Gasteiger partial charge on any atom is 0.332 e. The number of carboxylic acids is 1. The Balaban J connectivity index is 0.000000277. The highest BCUT2D eigenvalue weighted by Crippen LogP contribution is 2.44. The molecule has 0 saturated carbocycles. The van der Waals surface area contributed by atoms with E-state index < -0.39 is 12.1 Å². The van der Waals surface area contributed by atoms with Crippen LogP contribution in [0.5, 0.6) is 5.75 Å². The van der Waals surface area contributed by atoms with Crippen LogP contribution in [0.1, 0.15) is 37.3 Å². The number of aliphatic hydroxyl groups is 1. The van der Waals surface area contributed by atoms with Crippen molar-refractivity contribution in [2.24, 2.45) is 11.8 Å². The van der Waals surface area contributed by atoms with Crippen molar-refractivity contribution in [3.8, 4) is 5.75 Å². The van der Waals surface area contributed by atoms with Gasteiger partial charge in [-0.05, 0) is 74.4 Å². The van der Waals surface area contributed by atoms with Gasteiger partial charge in [0.25, 0.3) is 0 Å². The van der Waals surface area contributed by atoms with E-state index in [0.29, 0.717) is 11.7 Å². The fourth-order valence-corrected chi connectivity index (χ4v) is 3.69. The van der Waals surface area contributed by atoms with Crippen LogP contribution in [-0.2, 0) is 11.2 Å². The minimum absolute atomic E-state index is 0.423. The number of aliphatic carboxylic acids is 1. The molecule has 1 saturated heterocycles. The second kappa shape index (κ2) is 7.32. The third-order valence-electron chi connectivity index (χ3n) is 5.11. The summed E-state index contributed by atoms with van der Waals surface area (Å²) >= 11 is 0. The summed E-state index contributed by atoms with van der Waals surface area (Å²) in [5.41, 5.74) is 2.87. The fourth-order valence-electron chi connectivity index (χ4n) is 3.69. The highest BCUT2D eigenvalue weighted by atomic mass is 16.4. The Bertz CT molecular complexity index is 558. The van der Waals surface area contributed by atoms with Crippen LogP contribution in [0.25, 0.3) is 0 Å². The summed E-state index contributed by atoms with van der Waals surface area (Å²) < 4.78 is 0. The number of phenols is 1. The molecule has 0 aromatic heterocycles. The van der Waals surface area contributed by atoms with Crippen molar-refractivity contribution in [1.82, 2.24) is 4.90 Å². The summed E-state index contributed by atoms with van der Waals surface area (Å²) in [6.45, 7) is 5.99. The van der Waals surface area contributed by atoms with E-state index >= 15 is 0 Å². The van der Waals surface area contributed by atoms with Gasteiger partial charge in [-0.1, -0.05) is 13.0 Å². The maximum absolute atomic E-state index is 9.68. The Morgan fingerprint density at radius 1 is 1.39 bits per heavy atom. The summed E-state index contributed by atoms with van der Waals surface area (Å²) in [6, 6.07) is 5.96. The van der Waals surface area contributed by atoms with Gasteiger partial charge in [-0.15, -0.1) is 0 Å². The first-order valence-electron chi connectivity index (χ1n) is 8.20. The van der Waals surface area contributed by atoms with Gasteiger partial charge in [0.15, 0.2) is 0 Å². The molecule has 128 valence electrons. The highest BCUT2D eigenvalue weighted by molar-refractivity contribution is 5.71. The van der Waals surface area contributed by atoms with Gasteiger partial charge in [-0.2, -0.15) is 0 Å². The van der Waals surface area contributed by atoms with E-state index in [9.17, 15) is 9.90 Å². The Labute approximate surface area is 137 Å². The topological polar surface area (TPSA) is 81.0 Å². The highest BCUT2D eigenvalue weighted by Gasteiger charge is 2.36. The number of rotatable bonds is 1. The van der Waals surface area contributed by atoms with E-state index in [1.807, 2.05) is 12.1 Å². The number of hydrogen-bond acceptors (Lipinski definition) is 4. The van der Waals surface area contributed by atoms with E-state index in [-0.39, 0.29) is 0 Å². The lowest BCUT2D eigenvalue weighted by atomic mass is 9.69. The smallest absolute Gasteiger partial charge is 0.332 e. The van der Waals surface area contributed by atoms with Gasteiger partial charge in [-0.3, -0.25) is 0 Å². The number of carboxylic acid groups (broad SMARTS) is 1. The molecule has 0 amide bonds. The molecular formula is C18H27NO4. The average Bonchev–Trinajstić information content (AvgIpc) is 2.56. The molecule has 23 heavy (non-hydrogen) atoms. The maximum atomic E-state index is 9.68. The van der Waals surface area contributed by atoms with Gasteiger partial charge >= 0.3 is 5.97 Å². The van der Waals surface area contributed by atoms with Crippen LogP contribution in [0.15, 0.2) is 18.2 Å². The molecular weight excluding hydrogens is 294 g/mol. The van der Waals surface area contributed by atoms with Crippen LogP contribution in [0.3, 0.4) is 0 Å². The standard InChI is InChI=1S/C15H21NO.C3H6O3/c1-10-12-7-11-3-4-13(17)8-15(11)14(10)5-6-16(2)9-12;1-2(4)3(5)6/h3-4,8,10,12,14,17H,5-7,9H2,1-2H3;2,4H,1H3,(H,5,6)/t10-,12+,14+;/m0./s1. The number of aliphatic hydroxyl groups excluding tert-OH is 1. The quantitative estimate of drug-likeness (QED) is 0.738. The molecule has 1 aromatic rings. The predicted molar refractivity (Wildman–Crippen MR) is 88.6 cm³/mol. The molecule has 1 unspecified atom stereocenters. The molecule has 2 bridgehead atoms. The molecule has 1 aliphatic carbocycles. The van der Waals surface area contributed by atoms with Crippen molar-refractivity contribution in [3.05, 3.63) is 29.3 Å². The zero-order valence-electron chi connectivity index (χ0n) is 14.1. The molecule has 1 fully saturated rings. The second-order valence-electron chi connectivity index (χ2n) is 6.88. The first-order valence-corrected chi connectivity index (χ1v) is 8.20. The van der Waals surface area contributed by atoms with Gasteiger partial charge in [0.2, 0.25) is 0 Å². The third kappa shape index (κ3) is 4.24. The van der Waals surface area contributed by atoms with Crippen LogP contribution in [0.4, 0.5) is 0 Å². The first kappa shape index (κ1) is 17.8. The van der Waals surface area contributed by atoms with Crippen molar-refractivity contribution in [1.29, 1.82) is 0 Å². The van der Waals surface area contributed by atoms with E-state index in [1.165, 1.54) is 44.0 Å². The minimum atomic E-state index is -1.23. The van der Waals surface area contributed by atoms with Crippen molar-refractivity contribution in [2.75, 3.05) is 20.1 Å². The SMILES string of the molecule is CC(O)C(=O)O.C[C@H]1[C@@H]2Cc3ccc(O)cc3[C@@H]1CCN(C)C2. The lowest BCUT2D eigenvalue weighted by molar-refractivity contribution is -0.145. The first-order chi connectivity index (χ1) is 10.8. The Morgan fingerprint density at radius 3 is 2.65 bits per heavy atom. The molecule has 1 heterocycles. The zero-order valence-corrected chi connectivity index (χ0v) is 14.1. The van der Waals surface area contributed by atoms with E-state index in [4.69, 9.17) is 10.2 Å². The summed E-state index contributed by atoms with van der Waals surface area (Å²) in [6.07, 6.45) is 1.17. The molecule has 3 N–H and O–H groups in total. The van der Waals surface area contributed by atoms with E-state index in [2.05, 4.69) is 24.9 Å². The molecule has 1 aromatic carbocycles. The van der Waals surface area contributed by atoms with Crippen molar-refractivity contribution in [3.63, 3.8) is 0 Å². The van der Waals surface area contributed by atoms with Gasteiger partial charge in [0, 0.05) is 6.54 Å². The number of aromatic hydroxyl groups is 1. The third-order valence-corrected chi connectivity index (χ3v) is 5.11. The Morgan fingerprint density at radius 2 is 2.04 bits per heavy atom. The molecule has 1 aliphatic heterocycles. The van der Waals surface area contributed by atoms with Crippen molar-refractivity contribution in [2.45, 2.75) is 38.7 Å². The number of phenolic OH excluding ortho intramolecular Hbond substituents is 1. The number of benzene rings is 1. The summed E-state index contributed by atoms with van der Waals surface area (Å²) in [5, 5.41) is 25.5. The molecule has 5 nitrogen and oxygen atoms in total. The Kier molecular flexibility index (Phi) is 5.65. The van der Waals surface area contributed by atoms with E-state index in [1.54, 1.807) is 0 Å². The Hall–Kier alpha value is -1.59. The number of nitrogens with zero attached hydrogens (tertiary/aromatic N) is 1. The summed E-state index contributed by atoms with van der Waals surface area (Å²) in [5.74, 6) is 1.40. The number of hydrogen-bond donors (Lipinski definition) is 3. The molecule has 3 rings (SSSR count). The predicted octanol–water partition coefficient (Wildman–Crippen LogP) is 2.07. The molecule has 0 spiro atoms. The molecule has 0 radical (unpaired) electrons. The summed E-state index contributed by atoms with van der Waals surface area (Å²) in [7, 11) is 2.23. The molecule has 2 aliphatic rings.